The average molecular weight is 365 g/mol. The summed E-state index contributed by atoms with van der Waals surface area (Å²) in [6.07, 6.45) is 3.71. The lowest BCUT2D eigenvalue weighted by Crippen LogP contribution is -2.26. The summed E-state index contributed by atoms with van der Waals surface area (Å²) in [4.78, 5) is 16.7. The summed E-state index contributed by atoms with van der Waals surface area (Å²) in [6, 6.07) is 6.04. The highest BCUT2D eigenvalue weighted by Crippen LogP contribution is 2.68. The summed E-state index contributed by atoms with van der Waals surface area (Å²) >= 11 is 0. The Bertz CT molecular complexity index is 922. The number of nitrogens with one attached hydrogen (secondary N) is 1. The number of carbonyl (C=O) groups excluding carboxylic acids is 1. The van der Waals surface area contributed by atoms with Gasteiger partial charge in [-0.15, -0.1) is 5.10 Å². The summed E-state index contributed by atoms with van der Waals surface area (Å²) in [6.45, 7) is 14.1. The fraction of sp³-hybridized carbons (Fsp3) is 0.429. The van der Waals surface area contributed by atoms with Gasteiger partial charge in [0.1, 0.15) is 11.5 Å². The minimum Gasteiger partial charge on any atom is -0.310 e. The van der Waals surface area contributed by atoms with E-state index in [2.05, 4.69) is 55.0 Å². The zero-order chi connectivity index (χ0) is 20.0. The van der Waals surface area contributed by atoms with Gasteiger partial charge >= 0.3 is 0 Å². The summed E-state index contributed by atoms with van der Waals surface area (Å²) in [7, 11) is 1.83. The van der Waals surface area contributed by atoms with Gasteiger partial charge in [0.05, 0.1) is 6.20 Å². The van der Waals surface area contributed by atoms with Crippen LogP contribution >= 0.6 is 0 Å². The van der Waals surface area contributed by atoms with Crippen LogP contribution in [-0.2, 0) is 11.8 Å². The molecule has 0 unspecified atom stereocenters. The maximum absolute atomic E-state index is 12.7. The number of hydrogen-bond donors (Lipinski definition) is 1. The number of amides is 1. The third-order valence-corrected chi connectivity index (χ3v) is 6.17. The van der Waals surface area contributed by atoms with Gasteiger partial charge in [0.25, 0.3) is 0 Å². The van der Waals surface area contributed by atoms with Crippen LogP contribution in [-0.4, -0.2) is 27.6 Å². The maximum Gasteiger partial charge on any atom is 0.229 e. The van der Waals surface area contributed by atoms with Crippen molar-refractivity contribution in [3.63, 3.8) is 0 Å². The maximum atomic E-state index is 12.7. The molecule has 0 atom stereocenters. The summed E-state index contributed by atoms with van der Waals surface area (Å²) < 4.78 is 1.67. The van der Waals surface area contributed by atoms with E-state index in [9.17, 15) is 4.79 Å². The summed E-state index contributed by atoms with van der Waals surface area (Å²) in [5.74, 6) is 0.409. The van der Waals surface area contributed by atoms with Gasteiger partial charge in [-0.05, 0) is 47.7 Å². The predicted molar refractivity (Wildman–Crippen MR) is 108 cm³/mol. The Kier molecular flexibility index (Phi) is 4.54. The van der Waals surface area contributed by atoms with E-state index in [4.69, 9.17) is 0 Å². The number of benzene rings is 1. The number of aliphatic imine (C=N–C) groups is 1. The van der Waals surface area contributed by atoms with Crippen LogP contribution in [0.1, 0.15) is 38.8 Å². The van der Waals surface area contributed by atoms with Crippen LogP contribution in [0, 0.1) is 23.7 Å². The Hall–Kier alpha value is -2.76. The van der Waals surface area contributed by atoms with Crippen molar-refractivity contribution in [1.29, 1.82) is 0 Å². The van der Waals surface area contributed by atoms with Crippen LogP contribution < -0.4 is 5.32 Å². The second-order valence-corrected chi connectivity index (χ2v) is 8.40. The fourth-order valence-corrected chi connectivity index (χ4v) is 3.75. The normalized spacial score (nSPS) is 18.2. The first-order valence-electron chi connectivity index (χ1n) is 9.04. The minimum atomic E-state index is -0.0397. The molecule has 1 aromatic heterocycles. The molecule has 2 aromatic rings. The van der Waals surface area contributed by atoms with Crippen LogP contribution in [0.25, 0.3) is 17.3 Å². The molecule has 1 fully saturated rings. The number of aryl methyl sites for hydroxylation is 2. The molecule has 1 heterocycles. The Morgan fingerprint density at radius 1 is 1.30 bits per heavy atom. The highest BCUT2D eigenvalue weighted by molar-refractivity contribution is 5.86. The molecule has 3 rings (SSSR count). The van der Waals surface area contributed by atoms with Gasteiger partial charge in [-0.2, -0.15) is 0 Å². The van der Waals surface area contributed by atoms with E-state index in [1.54, 1.807) is 4.68 Å². The number of rotatable bonds is 5. The van der Waals surface area contributed by atoms with Crippen molar-refractivity contribution in [2.45, 2.75) is 34.6 Å². The summed E-state index contributed by atoms with van der Waals surface area (Å²) in [5, 5.41) is 11.1. The lowest BCUT2D eigenvalue weighted by Gasteiger charge is -2.09. The smallest absolute Gasteiger partial charge is 0.229 e. The van der Waals surface area contributed by atoms with E-state index in [1.165, 1.54) is 0 Å². The largest absolute Gasteiger partial charge is 0.310 e. The van der Waals surface area contributed by atoms with Crippen molar-refractivity contribution in [3.8, 4) is 11.3 Å². The van der Waals surface area contributed by atoms with Crippen molar-refractivity contribution in [2.75, 3.05) is 0 Å². The summed E-state index contributed by atoms with van der Waals surface area (Å²) in [5.41, 5.74) is 3.74. The molecule has 27 heavy (non-hydrogen) atoms. The monoisotopic (exact) mass is 365 g/mol. The number of carbonyl (C=O) groups is 1. The zero-order valence-electron chi connectivity index (χ0n) is 16.9. The van der Waals surface area contributed by atoms with E-state index >= 15 is 0 Å². The molecule has 0 spiro atoms. The quantitative estimate of drug-likeness (QED) is 0.823. The molecule has 1 amide bonds. The van der Waals surface area contributed by atoms with Gasteiger partial charge in [0.2, 0.25) is 5.91 Å². The van der Waals surface area contributed by atoms with Gasteiger partial charge in [-0.3, -0.25) is 9.48 Å². The van der Waals surface area contributed by atoms with Gasteiger partial charge in [0.15, 0.2) is 0 Å². The molecule has 142 valence electrons. The Balaban J connectivity index is 1.86. The van der Waals surface area contributed by atoms with Crippen LogP contribution in [0.3, 0.4) is 0 Å². The van der Waals surface area contributed by atoms with E-state index in [1.807, 2.05) is 44.4 Å². The molecule has 6 nitrogen and oxygen atoms in total. The van der Waals surface area contributed by atoms with Crippen molar-refractivity contribution < 1.29 is 4.79 Å². The van der Waals surface area contributed by atoms with Crippen molar-refractivity contribution in [1.82, 2.24) is 20.3 Å². The lowest BCUT2D eigenvalue weighted by molar-refractivity contribution is -0.122. The van der Waals surface area contributed by atoms with Crippen LogP contribution in [0.5, 0.6) is 0 Å². The third-order valence-electron chi connectivity index (χ3n) is 6.17. The fourth-order valence-electron chi connectivity index (χ4n) is 3.75. The van der Waals surface area contributed by atoms with E-state index in [0.29, 0.717) is 5.82 Å². The average Bonchev–Trinajstić information content (AvgIpc) is 2.88. The molecule has 1 N–H and O–H groups in total. The topological polar surface area (TPSA) is 72.2 Å². The van der Waals surface area contributed by atoms with Crippen LogP contribution in [0.15, 0.2) is 35.2 Å². The number of aromatic nitrogens is 3. The molecule has 0 aliphatic heterocycles. The second kappa shape index (κ2) is 6.44. The SMILES string of the molecule is C=N/C(=C\c1cc(-c2cn(C)nn2)ccc1C)NC(=O)C1C(C)(C)C1(C)C. The van der Waals surface area contributed by atoms with Crippen molar-refractivity contribution in [3.05, 3.63) is 41.3 Å². The van der Waals surface area contributed by atoms with Gasteiger partial charge in [-0.1, -0.05) is 45.0 Å². The van der Waals surface area contributed by atoms with Crippen molar-refractivity contribution >= 4 is 18.7 Å². The molecule has 6 heteroatoms. The van der Waals surface area contributed by atoms with Gasteiger partial charge in [0, 0.05) is 18.5 Å². The first kappa shape index (κ1) is 19.0. The Morgan fingerprint density at radius 2 is 1.96 bits per heavy atom. The molecule has 0 saturated heterocycles. The van der Waals surface area contributed by atoms with Crippen molar-refractivity contribution in [2.24, 2.45) is 28.8 Å². The zero-order valence-corrected chi connectivity index (χ0v) is 16.9. The number of hydrogen-bond acceptors (Lipinski definition) is 4. The highest BCUT2D eigenvalue weighted by Gasteiger charge is 2.68. The minimum absolute atomic E-state index is 0.00798. The molecular weight excluding hydrogens is 338 g/mol. The molecule has 1 saturated carbocycles. The molecule has 1 aliphatic rings. The highest BCUT2D eigenvalue weighted by atomic mass is 16.2. The number of nitrogens with zero attached hydrogens (tertiary/aromatic N) is 4. The van der Waals surface area contributed by atoms with Crippen LogP contribution in [0.4, 0.5) is 0 Å². The second-order valence-electron chi connectivity index (χ2n) is 8.40. The lowest BCUT2D eigenvalue weighted by atomic mass is 10.0. The predicted octanol–water partition coefficient (Wildman–Crippen LogP) is 3.59. The van der Waals surface area contributed by atoms with Gasteiger partial charge < -0.3 is 5.32 Å². The van der Waals surface area contributed by atoms with E-state index in [0.717, 1.165) is 22.4 Å². The van der Waals surface area contributed by atoms with Gasteiger partial charge in [-0.25, -0.2) is 4.99 Å². The third kappa shape index (κ3) is 3.31. The Labute approximate surface area is 160 Å². The first-order chi connectivity index (χ1) is 12.6. The molecule has 1 aliphatic carbocycles. The molecule has 0 radical (unpaired) electrons. The molecular formula is C21H27N5O. The van der Waals surface area contributed by atoms with E-state index < -0.39 is 0 Å². The standard InChI is InChI=1S/C21H27N5O/c1-13-8-9-14(16-12-26(7)25-24-16)10-15(13)11-17(22-6)23-19(27)18-20(2,3)21(18,4)5/h8-12,18H,6H2,1-5,7H3,(H,23,27)/b17-11+. The Morgan fingerprint density at radius 3 is 2.48 bits per heavy atom. The first-order valence-corrected chi connectivity index (χ1v) is 9.04. The van der Waals surface area contributed by atoms with E-state index in [-0.39, 0.29) is 22.7 Å². The molecule has 1 aromatic carbocycles. The van der Waals surface area contributed by atoms with Crippen LogP contribution in [0.2, 0.25) is 0 Å². The molecule has 0 bridgehead atoms.